The van der Waals surface area contributed by atoms with Crippen LogP contribution in [0.25, 0.3) is 0 Å². The van der Waals surface area contributed by atoms with E-state index < -0.39 is 0 Å². The number of hydrogen-bond acceptors (Lipinski definition) is 4. The molecule has 0 heterocycles. The van der Waals surface area contributed by atoms with E-state index in [9.17, 15) is 0 Å². The van der Waals surface area contributed by atoms with E-state index in [4.69, 9.17) is 14.2 Å². The summed E-state index contributed by atoms with van der Waals surface area (Å²) in [6.07, 6.45) is 0.865. The van der Waals surface area contributed by atoms with Gasteiger partial charge in [-0.25, -0.2) is 0 Å². The lowest BCUT2D eigenvalue weighted by molar-refractivity contribution is 0.125. The fourth-order valence-electron chi connectivity index (χ4n) is 2.73. The number of rotatable bonds is 12. The molecule has 6 nitrogen and oxygen atoms in total. The van der Waals surface area contributed by atoms with Crippen molar-refractivity contribution < 1.29 is 14.2 Å². The number of guanidine groups is 1. The molecule has 0 bridgehead atoms. The van der Waals surface area contributed by atoms with Crippen LogP contribution in [0.5, 0.6) is 5.75 Å². The summed E-state index contributed by atoms with van der Waals surface area (Å²) in [6, 6.07) is 16.4. The van der Waals surface area contributed by atoms with Crippen molar-refractivity contribution in [2.45, 2.75) is 26.5 Å². The van der Waals surface area contributed by atoms with E-state index in [1.807, 2.05) is 18.2 Å². The van der Waals surface area contributed by atoms with Crippen molar-refractivity contribution in [3.8, 4) is 5.75 Å². The Kier molecular flexibility index (Phi) is 10.6. The van der Waals surface area contributed by atoms with Crippen molar-refractivity contribution in [3.63, 3.8) is 0 Å². The van der Waals surface area contributed by atoms with Crippen LogP contribution in [-0.2, 0) is 22.6 Å². The van der Waals surface area contributed by atoms with Gasteiger partial charge in [0.25, 0.3) is 0 Å². The van der Waals surface area contributed by atoms with E-state index in [-0.39, 0.29) is 0 Å². The van der Waals surface area contributed by atoms with Crippen molar-refractivity contribution >= 4 is 5.96 Å². The molecular formula is C23H33N3O3. The third-order valence-corrected chi connectivity index (χ3v) is 4.29. The molecule has 0 aliphatic carbocycles. The SMILES string of the molecule is CN=C(NCCOCc1ccccc1)NCc1ccc(C)cc1OCCCOC. The van der Waals surface area contributed by atoms with E-state index in [1.165, 1.54) is 11.1 Å². The number of hydrogen-bond donors (Lipinski definition) is 2. The highest BCUT2D eigenvalue weighted by atomic mass is 16.5. The summed E-state index contributed by atoms with van der Waals surface area (Å²) in [6.45, 7) is 5.92. The van der Waals surface area contributed by atoms with Gasteiger partial charge in [-0.3, -0.25) is 4.99 Å². The monoisotopic (exact) mass is 399 g/mol. The van der Waals surface area contributed by atoms with Gasteiger partial charge in [-0.15, -0.1) is 0 Å². The minimum atomic E-state index is 0.605. The van der Waals surface area contributed by atoms with Crippen LogP contribution in [0.1, 0.15) is 23.1 Å². The fourth-order valence-corrected chi connectivity index (χ4v) is 2.73. The first-order valence-corrected chi connectivity index (χ1v) is 10.0. The number of aliphatic imine (C=N–C) groups is 1. The van der Waals surface area contributed by atoms with Gasteiger partial charge in [-0.1, -0.05) is 42.5 Å². The molecule has 0 atom stereocenters. The summed E-state index contributed by atoms with van der Waals surface area (Å²) in [4.78, 5) is 4.27. The topological polar surface area (TPSA) is 64.1 Å². The number of nitrogens with zero attached hydrogens (tertiary/aromatic N) is 1. The summed E-state index contributed by atoms with van der Waals surface area (Å²) < 4.78 is 16.7. The zero-order chi connectivity index (χ0) is 20.7. The predicted molar refractivity (Wildman–Crippen MR) is 117 cm³/mol. The summed E-state index contributed by atoms with van der Waals surface area (Å²) in [5.41, 5.74) is 3.44. The molecule has 0 aliphatic heterocycles. The maximum absolute atomic E-state index is 5.94. The summed E-state index contributed by atoms with van der Waals surface area (Å²) in [5, 5.41) is 6.61. The first-order chi connectivity index (χ1) is 14.2. The van der Waals surface area contributed by atoms with Gasteiger partial charge in [0.15, 0.2) is 5.96 Å². The average Bonchev–Trinajstić information content (AvgIpc) is 2.75. The van der Waals surface area contributed by atoms with Crippen molar-refractivity contribution in [2.75, 3.05) is 40.5 Å². The Bertz CT molecular complexity index is 735. The lowest BCUT2D eigenvalue weighted by atomic mass is 10.1. The van der Waals surface area contributed by atoms with E-state index in [2.05, 4.69) is 52.9 Å². The van der Waals surface area contributed by atoms with Crippen LogP contribution in [0, 0.1) is 6.92 Å². The number of benzene rings is 2. The minimum absolute atomic E-state index is 0.605. The van der Waals surface area contributed by atoms with Crippen LogP contribution in [0.15, 0.2) is 53.5 Å². The first-order valence-electron chi connectivity index (χ1n) is 10.0. The number of methoxy groups -OCH3 is 1. The second-order valence-electron chi connectivity index (χ2n) is 6.70. The Morgan fingerprint density at radius 1 is 1.00 bits per heavy atom. The lowest BCUT2D eigenvalue weighted by Gasteiger charge is -2.15. The summed E-state index contributed by atoms with van der Waals surface area (Å²) >= 11 is 0. The molecule has 6 heteroatoms. The van der Waals surface area contributed by atoms with Gasteiger partial charge in [0.2, 0.25) is 0 Å². The van der Waals surface area contributed by atoms with Gasteiger partial charge in [-0.05, 0) is 24.1 Å². The molecule has 29 heavy (non-hydrogen) atoms. The molecule has 0 radical (unpaired) electrons. The number of nitrogens with one attached hydrogen (secondary N) is 2. The molecule has 2 aromatic carbocycles. The molecule has 2 N–H and O–H groups in total. The van der Waals surface area contributed by atoms with Crippen molar-refractivity contribution in [1.82, 2.24) is 10.6 Å². The first kappa shape index (κ1) is 22.7. The van der Waals surface area contributed by atoms with Gasteiger partial charge < -0.3 is 24.8 Å². The molecule has 0 aliphatic rings. The predicted octanol–water partition coefficient (Wildman–Crippen LogP) is 3.29. The highest BCUT2D eigenvalue weighted by molar-refractivity contribution is 5.79. The maximum atomic E-state index is 5.94. The zero-order valence-corrected chi connectivity index (χ0v) is 17.7. The van der Waals surface area contributed by atoms with Crippen LogP contribution in [0.3, 0.4) is 0 Å². The number of ether oxygens (including phenoxy) is 3. The standard InChI is InChI=1S/C23H33N3O3/c1-19-10-11-21(22(16-19)29-14-7-13-27-3)17-26-23(24-2)25-12-15-28-18-20-8-5-4-6-9-20/h4-6,8-11,16H,7,12-15,17-18H2,1-3H3,(H2,24,25,26). The molecule has 158 valence electrons. The van der Waals surface area contributed by atoms with Crippen molar-refractivity contribution in [1.29, 1.82) is 0 Å². The molecule has 0 aromatic heterocycles. The quantitative estimate of drug-likeness (QED) is 0.326. The van der Waals surface area contributed by atoms with Crippen molar-refractivity contribution in [3.05, 3.63) is 65.2 Å². The van der Waals surface area contributed by atoms with Gasteiger partial charge in [0, 0.05) is 45.8 Å². The van der Waals surface area contributed by atoms with Crippen LogP contribution >= 0.6 is 0 Å². The zero-order valence-electron chi connectivity index (χ0n) is 17.7. The highest BCUT2D eigenvalue weighted by Gasteiger charge is 2.06. The van der Waals surface area contributed by atoms with E-state index in [0.29, 0.717) is 39.5 Å². The third kappa shape index (κ3) is 8.98. The van der Waals surface area contributed by atoms with Gasteiger partial charge in [0.1, 0.15) is 5.75 Å². The molecule has 2 aromatic rings. The Morgan fingerprint density at radius 3 is 2.59 bits per heavy atom. The number of aryl methyl sites for hydroxylation is 1. The van der Waals surface area contributed by atoms with Gasteiger partial charge >= 0.3 is 0 Å². The Labute approximate surface area is 174 Å². The van der Waals surface area contributed by atoms with Gasteiger partial charge in [-0.2, -0.15) is 0 Å². The van der Waals surface area contributed by atoms with E-state index in [0.717, 1.165) is 23.7 Å². The molecule has 0 saturated heterocycles. The summed E-state index contributed by atoms with van der Waals surface area (Å²) in [7, 11) is 3.46. The molecule has 2 rings (SSSR count). The molecule has 0 spiro atoms. The molecule has 0 amide bonds. The third-order valence-electron chi connectivity index (χ3n) is 4.29. The van der Waals surface area contributed by atoms with Crippen molar-refractivity contribution in [2.24, 2.45) is 4.99 Å². The minimum Gasteiger partial charge on any atom is -0.493 e. The van der Waals surface area contributed by atoms with Crippen LogP contribution in [0.4, 0.5) is 0 Å². The second-order valence-corrected chi connectivity index (χ2v) is 6.70. The fraction of sp³-hybridized carbons (Fsp3) is 0.435. The Hall–Kier alpha value is -2.57. The van der Waals surface area contributed by atoms with Crippen LogP contribution in [-0.4, -0.2) is 46.5 Å². The largest absolute Gasteiger partial charge is 0.493 e. The highest BCUT2D eigenvalue weighted by Crippen LogP contribution is 2.20. The normalized spacial score (nSPS) is 11.3. The maximum Gasteiger partial charge on any atom is 0.191 e. The molecular weight excluding hydrogens is 366 g/mol. The van der Waals surface area contributed by atoms with E-state index >= 15 is 0 Å². The molecule has 0 saturated carbocycles. The summed E-state index contributed by atoms with van der Waals surface area (Å²) in [5.74, 6) is 1.63. The molecule has 0 unspecified atom stereocenters. The second kappa shape index (κ2) is 13.6. The Morgan fingerprint density at radius 2 is 1.83 bits per heavy atom. The molecule has 0 fully saturated rings. The lowest BCUT2D eigenvalue weighted by Crippen LogP contribution is -2.38. The van der Waals surface area contributed by atoms with Crippen LogP contribution < -0.4 is 15.4 Å². The Balaban J connectivity index is 1.73. The smallest absolute Gasteiger partial charge is 0.191 e. The van der Waals surface area contributed by atoms with Crippen LogP contribution in [0.2, 0.25) is 0 Å². The van der Waals surface area contributed by atoms with Gasteiger partial charge in [0.05, 0.1) is 19.8 Å². The van der Waals surface area contributed by atoms with E-state index in [1.54, 1.807) is 14.2 Å². The average molecular weight is 400 g/mol.